The van der Waals surface area contributed by atoms with E-state index in [0.717, 1.165) is 29.0 Å². The topological polar surface area (TPSA) is 123 Å². The number of hydrogen-bond acceptors (Lipinski definition) is 7. The van der Waals surface area contributed by atoms with Crippen LogP contribution in [0.1, 0.15) is 54.9 Å². The molecule has 0 aliphatic heterocycles. The monoisotopic (exact) mass is 622 g/mol. The van der Waals surface area contributed by atoms with Gasteiger partial charge in [-0.2, -0.15) is 14.5 Å². The number of aryl methyl sites for hydroxylation is 1. The summed E-state index contributed by atoms with van der Waals surface area (Å²) in [5, 5.41) is 19.4. The van der Waals surface area contributed by atoms with Crippen LogP contribution in [-0.2, 0) is 23.5 Å². The molecule has 2 aliphatic rings. The Morgan fingerprint density at radius 2 is 1.89 bits per heavy atom. The Kier molecular flexibility index (Phi) is 7.38. The molecule has 0 spiro atoms. The number of Topliss-reactive ketones (excluding diaryl/α,β-unsaturated/α-hetero) is 1. The SMILES string of the molecule is Cn1cc(S(=O)(=O)N(CC(C)(C)O)[C@H]2CCC3=Cc4c(cnn4-c4ccc(F)cc4)C[C@]3(C(=O)c3cc(F)ccn3)C2)cn1. The lowest BCUT2D eigenvalue weighted by molar-refractivity contribution is 0.0384. The number of allylic oxidation sites excluding steroid dienone is 1. The average molecular weight is 623 g/mol. The fourth-order valence-electron chi connectivity index (χ4n) is 6.35. The van der Waals surface area contributed by atoms with Gasteiger partial charge in [0.15, 0.2) is 5.78 Å². The normalized spacial score (nSPS) is 20.2. The largest absolute Gasteiger partial charge is 0.389 e. The molecule has 1 N–H and O–H groups in total. The molecule has 2 aliphatic carbocycles. The summed E-state index contributed by atoms with van der Waals surface area (Å²) in [4.78, 5) is 18.6. The number of pyridine rings is 1. The summed E-state index contributed by atoms with van der Waals surface area (Å²) >= 11 is 0. The van der Waals surface area contributed by atoms with Crippen LogP contribution in [0.2, 0.25) is 0 Å². The molecule has 1 fully saturated rings. The van der Waals surface area contributed by atoms with Gasteiger partial charge in [-0.3, -0.25) is 14.5 Å². The Morgan fingerprint density at radius 1 is 1.14 bits per heavy atom. The molecule has 2 atom stereocenters. The lowest BCUT2D eigenvalue weighted by Gasteiger charge is -2.47. The molecule has 0 radical (unpaired) electrons. The molecule has 0 amide bonds. The summed E-state index contributed by atoms with van der Waals surface area (Å²) in [5.41, 5.74) is 0.156. The number of ketones is 1. The Bertz CT molecular complexity index is 1880. The third kappa shape index (κ3) is 5.39. The summed E-state index contributed by atoms with van der Waals surface area (Å²) in [7, 11) is -2.52. The Morgan fingerprint density at radius 3 is 2.55 bits per heavy atom. The molecule has 230 valence electrons. The number of carbonyl (C=O) groups excluding carboxylic acids is 1. The minimum absolute atomic E-state index is 0.0238. The van der Waals surface area contributed by atoms with Gasteiger partial charge in [-0.05, 0) is 81.5 Å². The molecule has 3 heterocycles. The molecule has 0 saturated heterocycles. The van der Waals surface area contributed by atoms with E-state index >= 15 is 0 Å². The van der Waals surface area contributed by atoms with Gasteiger partial charge in [0.05, 0.1) is 34.8 Å². The van der Waals surface area contributed by atoms with Gasteiger partial charge in [0.25, 0.3) is 0 Å². The number of nitrogens with zero attached hydrogens (tertiary/aromatic N) is 6. The number of benzene rings is 1. The van der Waals surface area contributed by atoms with Crippen LogP contribution in [-0.4, -0.2) is 66.3 Å². The van der Waals surface area contributed by atoms with Gasteiger partial charge < -0.3 is 5.11 Å². The summed E-state index contributed by atoms with van der Waals surface area (Å²) in [5.74, 6) is -1.41. The lowest BCUT2D eigenvalue weighted by atomic mass is 9.60. The highest BCUT2D eigenvalue weighted by molar-refractivity contribution is 7.89. The second-order valence-corrected chi connectivity index (χ2v) is 14.1. The van der Waals surface area contributed by atoms with Crippen LogP contribution in [0.5, 0.6) is 0 Å². The van der Waals surface area contributed by atoms with Crippen molar-refractivity contribution in [3.63, 3.8) is 0 Å². The first-order valence-electron chi connectivity index (χ1n) is 14.2. The summed E-state index contributed by atoms with van der Waals surface area (Å²) in [6.45, 7) is 2.84. The number of halogens is 2. The predicted octanol–water partition coefficient (Wildman–Crippen LogP) is 4.10. The number of fused-ring (bicyclic) bond motifs is 2. The number of aliphatic hydroxyl groups is 1. The minimum Gasteiger partial charge on any atom is -0.389 e. The first-order valence-corrected chi connectivity index (χ1v) is 15.6. The van der Waals surface area contributed by atoms with Crippen LogP contribution in [0.25, 0.3) is 11.8 Å². The van der Waals surface area contributed by atoms with Crippen LogP contribution >= 0.6 is 0 Å². The zero-order valence-electron chi connectivity index (χ0n) is 24.5. The van der Waals surface area contributed by atoms with E-state index < -0.39 is 38.7 Å². The molecule has 44 heavy (non-hydrogen) atoms. The van der Waals surface area contributed by atoms with E-state index in [-0.39, 0.29) is 35.8 Å². The molecule has 1 aromatic carbocycles. The van der Waals surface area contributed by atoms with Crippen molar-refractivity contribution < 1.29 is 27.1 Å². The fourth-order valence-corrected chi connectivity index (χ4v) is 8.15. The molecule has 0 unspecified atom stereocenters. The van der Waals surface area contributed by atoms with E-state index in [4.69, 9.17) is 0 Å². The van der Waals surface area contributed by atoms with E-state index in [1.807, 2.05) is 6.08 Å². The van der Waals surface area contributed by atoms with Gasteiger partial charge >= 0.3 is 0 Å². The zero-order chi connectivity index (χ0) is 31.4. The van der Waals surface area contributed by atoms with Crippen LogP contribution in [0.15, 0.2) is 71.7 Å². The molecule has 0 bridgehead atoms. The van der Waals surface area contributed by atoms with Crippen molar-refractivity contribution in [1.82, 2.24) is 28.9 Å². The minimum atomic E-state index is -4.13. The maximum atomic E-state index is 14.4. The van der Waals surface area contributed by atoms with Crippen molar-refractivity contribution in [2.24, 2.45) is 12.5 Å². The van der Waals surface area contributed by atoms with E-state index in [1.165, 1.54) is 53.6 Å². The Balaban J connectivity index is 1.46. The van der Waals surface area contributed by atoms with Crippen LogP contribution in [0.4, 0.5) is 8.78 Å². The van der Waals surface area contributed by atoms with Crippen molar-refractivity contribution in [2.45, 2.75) is 56.1 Å². The molecule has 4 aromatic rings. The van der Waals surface area contributed by atoms with E-state index in [9.17, 15) is 27.1 Å². The van der Waals surface area contributed by atoms with Crippen molar-refractivity contribution in [1.29, 1.82) is 0 Å². The second kappa shape index (κ2) is 10.8. The smallest absolute Gasteiger partial charge is 0.246 e. The van der Waals surface area contributed by atoms with Crippen LogP contribution < -0.4 is 0 Å². The number of hydrogen-bond donors (Lipinski definition) is 1. The molecular weight excluding hydrogens is 590 g/mol. The van der Waals surface area contributed by atoms with Gasteiger partial charge in [0.2, 0.25) is 10.0 Å². The van der Waals surface area contributed by atoms with Gasteiger partial charge in [0, 0.05) is 38.1 Å². The summed E-state index contributed by atoms with van der Waals surface area (Å²) in [6.07, 6.45) is 8.39. The standard InChI is InChI=1S/C31H32F2N6O4S/c1-30(2,41)19-38(44(42,43)26-17-35-37(3)18-26)25-7-4-21-12-28-20(16-36-39(28)24-8-5-22(32)6-9-24)14-31(21,15-25)29(40)27-13-23(33)10-11-34-27/h5-6,8-13,16-18,25,41H,4,7,14-15,19H2,1-3H3/t25-,31-/m0/s1. The fraction of sp³-hybridized carbons (Fsp3) is 0.355. The van der Waals surface area contributed by atoms with Gasteiger partial charge in [0.1, 0.15) is 22.2 Å². The zero-order valence-corrected chi connectivity index (χ0v) is 25.3. The van der Waals surface area contributed by atoms with Gasteiger partial charge in [-0.25, -0.2) is 21.9 Å². The Labute approximate surface area is 253 Å². The maximum absolute atomic E-state index is 14.4. The highest BCUT2D eigenvalue weighted by Gasteiger charge is 2.52. The highest BCUT2D eigenvalue weighted by atomic mass is 32.2. The first kappa shape index (κ1) is 30.0. The Hall–Kier alpha value is -4.07. The van der Waals surface area contributed by atoms with Gasteiger partial charge in [-0.1, -0.05) is 5.57 Å². The van der Waals surface area contributed by atoms with E-state index in [2.05, 4.69) is 15.2 Å². The predicted molar refractivity (Wildman–Crippen MR) is 157 cm³/mol. The van der Waals surface area contributed by atoms with Gasteiger partial charge in [-0.15, -0.1) is 0 Å². The maximum Gasteiger partial charge on any atom is 0.246 e. The third-order valence-electron chi connectivity index (χ3n) is 8.33. The summed E-state index contributed by atoms with van der Waals surface area (Å²) < 4.78 is 60.3. The van der Waals surface area contributed by atoms with E-state index in [0.29, 0.717) is 18.5 Å². The van der Waals surface area contributed by atoms with Crippen LogP contribution in [0, 0.1) is 17.0 Å². The van der Waals surface area contributed by atoms with Crippen molar-refractivity contribution in [2.75, 3.05) is 6.54 Å². The summed E-state index contributed by atoms with van der Waals surface area (Å²) in [6, 6.07) is 7.47. The number of rotatable bonds is 8. The highest BCUT2D eigenvalue weighted by Crippen LogP contribution is 2.51. The molecule has 1 saturated carbocycles. The first-order chi connectivity index (χ1) is 20.8. The number of aromatic nitrogens is 5. The third-order valence-corrected chi connectivity index (χ3v) is 10.2. The lowest BCUT2D eigenvalue weighted by Crippen LogP contribution is -2.53. The molecule has 13 heteroatoms. The molecule has 10 nitrogen and oxygen atoms in total. The number of sulfonamides is 1. The van der Waals surface area contributed by atoms with E-state index in [1.54, 1.807) is 30.1 Å². The molecular formula is C31H32F2N6O4S. The van der Waals surface area contributed by atoms with Crippen molar-refractivity contribution in [3.8, 4) is 5.69 Å². The molecule has 3 aromatic heterocycles. The average Bonchev–Trinajstić information content (AvgIpc) is 3.60. The molecule has 6 rings (SSSR count). The van der Waals surface area contributed by atoms with Crippen molar-refractivity contribution >= 4 is 21.9 Å². The van der Waals surface area contributed by atoms with Crippen molar-refractivity contribution in [3.05, 3.63) is 95.3 Å². The van der Waals surface area contributed by atoms with Crippen LogP contribution in [0.3, 0.4) is 0 Å². The number of carbonyl (C=O) groups is 1. The second-order valence-electron chi connectivity index (χ2n) is 12.2. The quantitative estimate of drug-likeness (QED) is 0.294.